The summed E-state index contributed by atoms with van der Waals surface area (Å²) in [5.41, 5.74) is 2.04. The first-order chi connectivity index (χ1) is 12.8. The number of nitrogens with zero attached hydrogens (tertiary/aromatic N) is 1. The third-order valence-electron chi connectivity index (χ3n) is 3.93. The zero-order valence-electron chi connectivity index (χ0n) is 15.5. The summed E-state index contributed by atoms with van der Waals surface area (Å²) in [4.78, 5) is 38.1. The number of anilines is 1. The number of hydrogen-bond donors (Lipinski definition) is 2. The summed E-state index contributed by atoms with van der Waals surface area (Å²) < 4.78 is 0. The number of benzene rings is 2. The summed E-state index contributed by atoms with van der Waals surface area (Å²) in [6.07, 6.45) is 0. The van der Waals surface area contributed by atoms with Crippen molar-refractivity contribution in [1.82, 2.24) is 10.2 Å². The van der Waals surface area contributed by atoms with Gasteiger partial charge in [-0.25, -0.2) is 0 Å². The van der Waals surface area contributed by atoms with Crippen molar-refractivity contribution in [1.29, 1.82) is 0 Å². The minimum Gasteiger partial charge on any atom is -0.340 e. The topological polar surface area (TPSA) is 78.5 Å². The van der Waals surface area contributed by atoms with Crippen LogP contribution < -0.4 is 10.6 Å². The molecule has 2 aromatic carbocycles. The summed E-state index contributed by atoms with van der Waals surface area (Å²) in [6, 6.07) is 13.1. The number of aryl methyl sites for hydroxylation is 1. The molecular weight excluding hydrogens is 366 g/mol. The Morgan fingerprint density at radius 3 is 2.33 bits per heavy atom. The molecule has 2 N–H and O–H groups in total. The molecule has 0 aliphatic carbocycles. The molecule has 0 fully saturated rings. The molecule has 2 rings (SSSR count). The van der Waals surface area contributed by atoms with Gasteiger partial charge in [0.15, 0.2) is 0 Å². The van der Waals surface area contributed by atoms with E-state index in [-0.39, 0.29) is 18.4 Å². The van der Waals surface area contributed by atoms with Gasteiger partial charge in [0, 0.05) is 12.7 Å². The number of hydrogen-bond acceptors (Lipinski definition) is 3. The Morgan fingerprint density at radius 2 is 1.70 bits per heavy atom. The van der Waals surface area contributed by atoms with Crippen molar-refractivity contribution in [2.75, 3.05) is 18.9 Å². The maximum absolute atomic E-state index is 12.4. The Labute approximate surface area is 163 Å². The Bertz CT molecular complexity index is 837. The van der Waals surface area contributed by atoms with Crippen molar-refractivity contribution in [3.63, 3.8) is 0 Å². The van der Waals surface area contributed by atoms with Crippen molar-refractivity contribution in [3.05, 3.63) is 64.7 Å². The lowest BCUT2D eigenvalue weighted by Gasteiger charge is -2.22. The zero-order valence-corrected chi connectivity index (χ0v) is 16.2. The molecule has 0 spiro atoms. The minimum atomic E-state index is -0.800. The molecule has 142 valence electrons. The molecule has 1 atom stereocenters. The maximum atomic E-state index is 12.4. The van der Waals surface area contributed by atoms with Gasteiger partial charge in [-0.1, -0.05) is 41.4 Å². The van der Waals surface area contributed by atoms with Gasteiger partial charge < -0.3 is 15.5 Å². The van der Waals surface area contributed by atoms with Crippen LogP contribution in [0.3, 0.4) is 0 Å². The van der Waals surface area contributed by atoms with Crippen LogP contribution in [0, 0.1) is 6.92 Å². The van der Waals surface area contributed by atoms with Gasteiger partial charge >= 0.3 is 0 Å². The summed E-state index contributed by atoms with van der Waals surface area (Å²) in [5, 5.41) is 5.64. The van der Waals surface area contributed by atoms with Gasteiger partial charge in [-0.2, -0.15) is 0 Å². The molecule has 0 aromatic heterocycles. The van der Waals surface area contributed by atoms with Crippen LogP contribution in [0.5, 0.6) is 0 Å². The SMILES string of the molecule is Cc1ccc(NC(=O)CN(C)C(=O)C(C)NC(=O)c2ccccc2Cl)cc1. The lowest BCUT2D eigenvalue weighted by Crippen LogP contribution is -2.47. The van der Waals surface area contributed by atoms with Crippen molar-refractivity contribution < 1.29 is 14.4 Å². The standard InChI is InChI=1S/C20H22ClN3O3/c1-13-8-10-15(11-9-13)23-18(25)12-24(3)20(27)14(2)22-19(26)16-6-4-5-7-17(16)21/h4-11,14H,12H2,1-3H3,(H,22,26)(H,23,25). The highest BCUT2D eigenvalue weighted by Gasteiger charge is 2.22. The van der Waals surface area contributed by atoms with Gasteiger partial charge in [0.1, 0.15) is 6.04 Å². The van der Waals surface area contributed by atoms with Crippen LogP contribution in [0.2, 0.25) is 5.02 Å². The molecule has 2 aromatic rings. The van der Waals surface area contributed by atoms with E-state index in [1.54, 1.807) is 43.3 Å². The average molecular weight is 388 g/mol. The van der Waals surface area contributed by atoms with E-state index in [2.05, 4.69) is 10.6 Å². The Balaban J connectivity index is 1.89. The number of carbonyl (C=O) groups excluding carboxylic acids is 3. The van der Waals surface area contributed by atoms with Crippen LogP contribution in [0.25, 0.3) is 0 Å². The number of nitrogens with one attached hydrogen (secondary N) is 2. The quantitative estimate of drug-likeness (QED) is 0.800. The number of halogens is 1. The Hall–Kier alpha value is -2.86. The maximum Gasteiger partial charge on any atom is 0.253 e. The van der Waals surface area contributed by atoms with E-state index < -0.39 is 11.9 Å². The minimum absolute atomic E-state index is 0.126. The van der Waals surface area contributed by atoms with Crippen LogP contribution in [0.1, 0.15) is 22.8 Å². The highest BCUT2D eigenvalue weighted by Crippen LogP contribution is 2.15. The average Bonchev–Trinajstić information content (AvgIpc) is 2.63. The van der Waals surface area contributed by atoms with Gasteiger partial charge in [0.05, 0.1) is 17.1 Å². The molecule has 0 aliphatic heterocycles. The molecule has 0 heterocycles. The second-order valence-corrected chi connectivity index (χ2v) is 6.69. The molecule has 3 amide bonds. The summed E-state index contributed by atoms with van der Waals surface area (Å²) in [7, 11) is 1.51. The van der Waals surface area contributed by atoms with Gasteiger partial charge in [-0.05, 0) is 38.1 Å². The fourth-order valence-corrected chi connectivity index (χ4v) is 2.66. The van der Waals surface area contributed by atoms with Crippen molar-refractivity contribution in [3.8, 4) is 0 Å². The molecule has 1 unspecified atom stereocenters. The van der Waals surface area contributed by atoms with Crippen molar-refractivity contribution >= 4 is 35.0 Å². The molecule has 6 nitrogen and oxygen atoms in total. The van der Waals surface area contributed by atoms with E-state index in [1.807, 2.05) is 19.1 Å². The largest absolute Gasteiger partial charge is 0.340 e. The Kier molecular flexibility index (Phi) is 6.96. The number of rotatable bonds is 6. The molecule has 0 saturated carbocycles. The highest BCUT2D eigenvalue weighted by atomic mass is 35.5. The third kappa shape index (κ3) is 5.82. The number of likely N-dealkylation sites (N-methyl/N-ethyl adjacent to an activating group) is 1. The van der Waals surface area contributed by atoms with Crippen LogP contribution >= 0.6 is 11.6 Å². The van der Waals surface area contributed by atoms with Crippen molar-refractivity contribution in [2.45, 2.75) is 19.9 Å². The zero-order chi connectivity index (χ0) is 20.0. The normalized spacial score (nSPS) is 11.4. The van der Waals surface area contributed by atoms with Crippen LogP contribution in [0.4, 0.5) is 5.69 Å². The fraction of sp³-hybridized carbons (Fsp3) is 0.250. The first kappa shape index (κ1) is 20.5. The van der Waals surface area contributed by atoms with Gasteiger partial charge in [0.25, 0.3) is 5.91 Å². The van der Waals surface area contributed by atoms with Gasteiger partial charge in [-0.15, -0.1) is 0 Å². The number of amides is 3. The third-order valence-corrected chi connectivity index (χ3v) is 4.26. The molecule has 0 saturated heterocycles. The van der Waals surface area contributed by atoms with Gasteiger partial charge in [-0.3, -0.25) is 14.4 Å². The predicted molar refractivity (Wildman–Crippen MR) is 106 cm³/mol. The predicted octanol–water partition coefficient (Wildman–Crippen LogP) is 2.86. The van der Waals surface area contributed by atoms with Gasteiger partial charge in [0.2, 0.25) is 11.8 Å². The lowest BCUT2D eigenvalue weighted by atomic mass is 10.2. The smallest absolute Gasteiger partial charge is 0.253 e. The summed E-state index contributed by atoms with van der Waals surface area (Å²) in [6.45, 7) is 3.39. The molecule has 0 radical (unpaired) electrons. The first-order valence-corrected chi connectivity index (χ1v) is 8.82. The lowest BCUT2D eigenvalue weighted by molar-refractivity contribution is -0.134. The van der Waals surface area contributed by atoms with Crippen LogP contribution in [0.15, 0.2) is 48.5 Å². The second-order valence-electron chi connectivity index (χ2n) is 6.28. The van der Waals surface area contributed by atoms with E-state index in [9.17, 15) is 14.4 Å². The highest BCUT2D eigenvalue weighted by molar-refractivity contribution is 6.33. The van der Waals surface area contributed by atoms with Crippen molar-refractivity contribution in [2.24, 2.45) is 0 Å². The van der Waals surface area contributed by atoms with E-state index >= 15 is 0 Å². The van der Waals surface area contributed by atoms with E-state index in [0.29, 0.717) is 16.3 Å². The van der Waals surface area contributed by atoms with Crippen LogP contribution in [-0.2, 0) is 9.59 Å². The van der Waals surface area contributed by atoms with E-state index in [0.717, 1.165) is 5.56 Å². The molecule has 27 heavy (non-hydrogen) atoms. The Morgan fingerprint density at radius 1 is 1.07 bits per heavy atom. The monoisotopic (exact) mass is 387 g/mol. The second kappa shape index (κ2) is 9.19. The molecule has 0 bridgehead atoms. The van der Waals surface area contributed by atoms with E-state index in [1.165, 1.54) is 11.9 Å². The fourth-order valence-electron chi connectivity index (χ4n) is 2.44. The number of carbonyl (C=O) groups is 3. The molecular formula is C20H22ClN3O3. The van der Waals surface area contributed by atoms with E-state index in [4.69, 9.17) is 11.6 Å². The van der Waals surface area contributed by atoms with Crippen LogP contribution in [-0.4, -0.2) is 42.3 Å². The summed E-state index contributed by atoms with van der Waals surface area (Å²) in [5.74, 6) is -1.15. The molecule has 0 aliphatic rings. The first-order valence-electron chi connectivity index (χ1n) is 8.45. The summed E-state index contributed by atoms with van der Waals surface area (Å²) >= 11 is 5.99. The molecule has 7 heteroatoms.